The molecule has 1 heterocycles. The minimum absolute atomic E-state index is 0.0112. The summed E-state index contributed by atoms with van der Waals surface area (Å²) in [5.41, 5.74) is 0.968. The Morgan fingerprint density at radius 1 is 1.29 bits per heavy atom. The second-order valence-electron chi connectivity index (χ2n) is 3.41. The number of ether oxygens (including phenoxy) is 1. The third-order valence-electron chi connectivity index (χ3n) is 1.96. The molecule has 0 saturated carbocycles. The van der Waals surface area contributed by atoms with Gasteiger partial charge in [-0.15, -0.1) is 0 Å². The van der Waals surface area contributed by atoms with Crippen LogP contribution in [0.1, 0.15) is 10.4 Å². The van der Waals surface area contributed by atoms with Gasteiger partial charge in [0.1, 0.15) is 10.6 Å². The van der Waals surface area contributed by atoms with Gasteiger partial charge in [-0.3, -0.25) is 0 Å². The van der Waals surface area contributed by atoms with Crippen molar-refractivity contribution in [1.82, 2.24) is 4.98 Å². The van der Waals surface area contributed by atoms with Crippen LogP contribution in [0.4, 0.5) is 13.2 Å². The van der Waals surface area contributed by atoms with E-state index in [2.05, 4.69) is 4.98 Å². The van der Waals surface area contributed by atoms with E-state index < -0.39 is 11.1 Å². The number of benzene rings is 1. The molecule has 0 radical (unpaired) electrons. The predicted octanol–water partition coefficient (Wildman–Crippen LogP) is 4.26. The number of alkyl halides is 3. The highest BCUT2D eigenvalue weighted by molar-refractivity contribution is 7.13. The quantitative estimate of drug-likeness (QED) is 0.803. The average Bonchev–Trinajstić information content (AvgIpc) is 2.65. The number of nitrogens with zero attached hydrogens (tertiary/aromatic N) is 1. The molecular formula is C11H8F3NOS. The molecule has 0 unspecified atom stereocenters. The SMILES string of the molecule is Cc1cccc(Oc2ncc(C(F)(F)F)s2)c1. The summed E-state index contributed by atoms with van der Waals surface area (Å²) in [7, 11) is 0. The van der Waals surface area contributed by atoms with Crippen LogP contribution in [0.15, 0.2) is 30.5 Å². The molecule has 1 aromatic carbocycles. The Bertz CT molecular complexity index is 521. The van der Waals surface area contributed by atoms with Gasteiger partial charge < -0.3 is 4.74 Å². The minimum atomic E-state index is -4.37. The summed E-state index contributed by atoms with van der Waals surface area (Å²) in [5, 5.41) is -0.0112. The molecule has 2 rings (SSSR count). The van der Waals surface area contributed by atoms with Crippen LogP contribution in [0, 0.1) is 6.92 Å². The molecule has 0 amide bonds. The van der Waals surface area contributed by atoms with Crippen molar-refractivity contribution in [2.45, 2.75) is 13.1 Å². The number of hydrogen-bond acceptors (Lipinski definition) is 3. The van der Waals surface area contributed by atoms with Gasteiger partial charge in [0.2, 0.25) is 0 Å². The Morgan fingerprint density at radius 3 is 2.65 bits per heavy atom. The number of aryl methyl sites for hydroxylation is 1. The third-order valence-corrected chi connectivity index (χ3v) is 2.88. The summed E-state index contributed by atoms with van der Waals surface area (Å²) in [6.07, 6.45) is -3.60. The molecule has 17 heavy (non-hydrogen) atoms. The maximum atomic E-state index is 12.3. The Hall–Kier alpha value is -1.56. The molecule has 90 valence electrons. The minimum Gasteiger partial charge on any atom is -0.431 e. The lowest BCUT2D eigenvalue weighted by atomic mass is 10.2. The van der Waals surface area contributed by atoms with Crippen molar-refractivity contribution in [2.24, 2.45) is 0 Å². The smallest absolute Gasteiger partial charge is 0.427 e. The van der Waals surface area contributed by atoms with Crippen molar-refractivity contribution < 1.29 is 17.9 Å². The zero-order valence-corrected chi connectivity index (χ0v) is 9.60. The fourth-order valence-corrected chi connectivity index (χ4v) is 1.87. The van der Waals surface area contributed by atoms with E-state index >= 15 is 0 Å². The first-order chi connectivity index (χ1) is 7.95. The van der Waals surface area contributed by atoms with Crippen molar-refractivity contribution in [2.75, 3.05) is 0 Å². The zero-order chi connectivity index (χ0) is 12.5. The normalized spacial score (nSPS) is 11.5. The van der Waals surface area contributed by atoms with E-state index in [0.717, 1.165) is 11.8 Å². The van der Waals surface area contributed by atoms with Gasteiger partial charge in [-0.05, 0) is 24.6 Å². The van der Waals surface area contributed by atoms with E-state index in [1.807, 2.05) is 13.0 Å². The van der Waals surface area contributed by atoms with E-state index in [0.29, 0.717) is 17.1 Å². The standard InChI is InChI=1S/C11H8F3NOS/c1-7-3-2-4-8(5-7)16-10-15-6-9(17-10)11(12,13)14/h2-6H,1H3. The topological polar surface area (TPSA) is 22.1 Å². The average molecular weight is 259 g/mol. The van der Waals surface area contributed by atoms with Gasteiger partial charge in [0.15, 0.2) is 0 Å². The summed E-state index contributed by atoms with van der Waals surface area (Å²) in [5.74, 6) is 0.480. The van der Waals surface area contributed by atoms with Crippen molar-refractivity contribution in [3.05, 3.63) is 40.9 Å². The van der Waals surface area contributed by atoms with Crippen molar-refractivity contribution in [3.8, 4) is 10.9 Å². The first-order valence-electron chi connectivity index (χ1n) is 4.73. The van der Waals surface area contributed by atoms with Crippen LogP contribution in [0.25, 0.3) is 0 Å². The van der Waals surface area contributed by atoms with Crippen molar-refractivity contribution in [1.29, 1.82) is 0 Å². The molecule has 0 spiro atoms. The van der Waals surface area contributed by atoms with E-state index in [4.69, 9.17) is 4.74 Å². The summed E-state index contributed by atoms with van der Waals surface area (Å²) in [4.78, 5) is 2.82. The Balaban J connectivity index is 2.17. The summed E-state index contributed by atoms with van der Waals surface area (Å²) >= 11 is 0.482. The van der Waals surface area contributed by atoms with Gasteiger partial charge in [-0.2, -0.15) is 13.2 Å². The van der Waals surface area contributed by atoms with Gasteiger partial charge in [0.05, 0.1) is 6.20 Å². The monoisotopic (exact) mass is 259 g/mol. The highest BCUT2D eigenvalue weighted by Crippen LogP contribution is 2.37. The molecule has 2 aromatic rings. The first kappa shape index (κ1) is 11.9. The molecular weight excluding hydrogens is 251 g/mol. The summed E-state index contributed by atoms with van der Waals surface area (Å²) < 4.78 is 42.2. The lowest BCUT2D eigenvalue weighted by molar-refractivity contribution is -0.134. The lowest BCUT2D eigenvalue weighted by Gasteiger charge is -2.02. The number of halogens is 3. The summed E-state index contributed by atoms with van der Waals surface area (Å²) in [6.45, 7) is 1.87. The molecule has 0 fully saturated rings. The van der Waals surface area contributed by atoms with Gasteiger partial charge in [0.25, 0.3) is 5.19 Å². The highest BCUT2D eigenvalue weighted by Gasteiger charge is 2.33. The number of rotatable bonds is 2. The molecule has 0 N–H and O–H groups in total. The Morgan fingerprint density at radius 2 is 2.06 bits per heavy atom. The van der Waals surface area contributed by atoms with Crippen LogP contribution < -0.4 is 4.74 Å². The third kappa shape index (κ3) is 2.97. The van der Waals surface area contributed by atoms with Gasteiger partial charge >= 0.3 is 6.18 Å². The predicted molar refractivity (Wildman–Crippen MR) is 58.4 cm³/mol. The van der Waals surface area contributed by atoms with Crippen LogP contribution in [-0.4, -0.2) is 4.98 Å². The van der Waals surface area contributed by atoms with Crippen LogP contribution in [0.2, 0.25) is 0 Å². The largest absolute Gasteiger partial charge is 0.431 e. The van der Waals surface area contributed by atoms with Crippen molar-refractivity contribution >= 4 is 11.3 Å². The molecule has 2 nitrogen and oxygen atoms in total. The van der Waals surface area contributed by atoms with Gasteiger partial charge in [-0.1, -0.05) is 23.5 Å². The van der Waals surface area contributed by atoms with Gasteiger partial charge in [0, 0.05) is 0 Å². The maximum Gasteiger partial charge on any atom is 0.427 e. The van der Waals surface area contributed by atoms with E-state index in [1.54, 1.807) is 18.2 Å². The fourth-order valence-electron chi connectivity index (χ4n) is 1.22. The zero-order valence-electron chi connectivity index (χ0n) is 8.78. The molecule has 0 aliphatic carbocycles. The summed E-state index contributed by atoms with van der Waals surface area (Å²) in [6, 6.07) is 7.04. The van der Waals surface area contributed by atoms with Crippen LogP contribution in [0.3, 0.4) is 0 Å². The molecule has 0 atom stereocenters. The molecule has 0 saturated heterocycles. The van der Waals surface area contributed by atoms with E-state index in [-0.39, 0.29) is 5.19 Å². The van der Waals surface area contributed by atoms with Gasteiger partial charge in [-0.25, -0.2) is 4.98 Å². The second kappa shape index (κ2) is 4.37. The molecule has 6 heteroatoms. The highest BCUT2D eigenvalue weighted by atomic mass is 32.1. The lowest BCUT2D eigenvalue weighted by Crippen LogP contribution is -2.00. The Labute approximate surface area is 99.7 Å². The Kier molecular flexibility index (Phi) is 3.06. The first-order valence-corrected chi connectivity index (χ1v) is 5.54. The van der Waals surface area contributed by atoms with E-state index in [1.165, 1.54) is 0 Å². The molecule has 0 bridgehead atoms. The van der Waals surface area contributed by atoms with Crippen LogP contribution in [-0.2, 0) is 6.18 Å². The number of hydrogen-bond donors (Lipinski definition) is 0. The van der Waals surface area contributed by atoms with E-state index in [9.17, 15) is 13.2 Å². The fraction of sp³-hybridized carbons (Fsp3) is 0.182. The molecule has 1 aromatic heterocycles. The van der Waals surface area contributed by atoms with Crippen LogP contribution in [0.5, 0.6) is 10.9 Å². The molecule has 0 aliphatic rings. The van der Waals surface area contributed by atoms with Crippen LogP contribution >= 0.6 is 11.3 Å². The number of aromatic nitrogens is 1. The number of thiazole rings is 1. The second-order valence-corrected chi connectivity index (χ2v) is 4.40. The van der Waals surface area contributed by atoms with Crippen molar-refractivity contribution in [3.63, 3.8) is 0 Å². The molecule has 0 aliphatic heterocycles. The maximum absolute atomic E-state index is 12.3.